The molecule has 1 aromatic rings. The third kappa shape index (κ3) is 2.41. The van der Waals surface area contributed by atoms with Gasteiger partial charge in [0.05, 0.1) is 6.20 Å². The van der Waals surface area contributed by atoms with Gasteiger partial charge in [0, 0.05) is 31.1 Å². The van der Waals surface area contributed by atoms with Gasteiger partial charge in [0.25, 0.3) is 0 Å². The molecule has 2 heterocycles. The number of amides is 1. The number of aromatic nitrogens is 1. The average Bonchev–Trinajstić information content (AvgIpc) is 3.00. The minimum Gasteiger partial charge on any atom is -0.488 e. The number of likely N-dealkylation sites (tertiary alicyclic amines) is 1. The molecule has 0 aromatic carbocycles. The van der Waals surface area contributed by atoms with Crippen LogP contribution >= 0.6 is 0 Å². The van der Waals surface area contributed by atoms with Crippen molar-refractivity contribution in [1.29, 1.82) is 0 Å². The predicted molar refractivity (Wildman–Crippen MR) is 78.8 cm³/mol. The molecule has 1 aromatic heterocycles. The van der Waals surface area contributed by atoms with Gasteiger partial charge in [0.1, 0.15) is 11.9 Å². The van der Waals surface area contributed by atoms with Crippen LogP contribution in [0.2, 0.25) is 0 Å². The van der Waals surface area contributed by atoms with Crippen LogP contribution in [0.15, 0.2) is 24.5 Å². The SMILES string of the molecule is O=C(C1CCC1)N1C[C@H]2CC[C@@H](Oc3cccnc3)[C@H]2C1. The number of carbonyl (C=O) groups excluding carboxylic acids is 1. The maximum absolute atomic E-state index is 12.4. The first-order chi connectivity index (χ1) is 10.3. The lowest BCUT2D eigenvalue weighted by atomic mass is 9.84. The Morgan fingerprint density at radius 1 is 1.24 bits per heavy atom. The van der Waals surface area contributed by atoms with Crippen molar-refractivity contribution in [3.05, 3.63) is 24.5 Å². The van der Waals surface area contributed by atoms with Gasteiger partial charge < -0.3 is 9.64 Å². The maximum atomic E-state index is 12.4. The quantitative estimate of drug-likeness (QED) is 0.857. The van der Waals surface area contributed by atoms with Crippen molar-refractivity contribution in [2.75, 3.05) is 13.1 Å². The van der Waals surface area contributed by atoms with Gasteiger partial charge in [-0.2, -0.15) is 0 Å². The second-order valence-electron chi connectivity index (χ2n) is 6.72. The first kappa shape index (κ1) is 13.1. The largest absolute Gasteiger partial charge is 0.488 e. The van der Waals surface area contributed by atoms with E-state index in [-0.39, 0.29) is 6.10 Å². The summed E-state index contributed by atoms with van der Waals surface area (Å²) in [4.78, 5) is 18.6. The molecule has 1 aliphatic heterocycles. The second kappa shape index (κ2) is 5.32. The van der Waals surface area contributed by atoms with Crippen LogP contribution in [-0.2, 0) is 4.79 Å². The fraction of sp³-hybridized carbons (Fsp3) is 0.647. The zero-order chi connectivity index (χ0) is 14.2. The Balaban J connectivity index is 1.40. The lowest BCUT2D eigenvalue weighted by molar-refractivity contribution is -0.137. The van der Waals surface area contributed by atoms with E-state index in [4.69, 9.17) is 4.74 Å². The van der Waals surface area contributed by atoms with E-state index in [1.54, 1.807) is 12.4 Å². The highest BCUT2D eigenvalue weighted by Gasteiger charge is 2.46. The number of hydrogen-bond acceptors (Lipinski definition) is 3. The molecule has 3 aliphatic rings. The molecule has 0 bridgehead atoms. The Labute approximate surface area is 125 Å². The third-order valence-electron chi connectivity index (χ3n) is 5.48. The monoisotopic (exact) mass is 286 g/mol. The smallest absolute Gasteiger partial charge is 0.225 e. The molecule has 0 spiro atoms. The van der Waals surface area contributed by atoms with Crippen LogP contribution in [0, 0.1) is 17.8 Å². The highest BCUT2D eigenvalue weighted by molar-refractivity contribution is 5.80. The van der Waals surface area contributed by atoms with E-state index in [2.05, 4.69) is 9.88 Å². The van der Waals surface area contributed by atoms with E-state index in [1.807, 2.05) is 12.1 Å². The van der Waals surface area contributed by atoms with Crippen LogP contribution in [0.5, 0.6) is 5.75 Å². The number of nitrogens with zero attached hydrogens (tertiary/aromatic N) is 2. The zero-order valence-electron chi connectivity index (χ0n) is 12.3. The number of carbonyl (C=O) groups is 1. The van der Waals surface area contributed by atoms with Crippen LogP contribution < -0.4 is 4.74 Å². The predicted octanol–water partition coefficient (Wildman–Crippen LogP) is 2.50. The van der Waals surface area contributed by atoms with Crippen LogP contribution in [-0.4, -0.2) is 35.0 Å². The molecule has 3 atom stereocenters. The van der Waals surface area contributed by atoms with Crippen molar-refractivity contribution in [3.8, 4) is 5.75 Å². The summed E-state index contributed by atoms with van der Waals surface area (Å²) in [6.07, 6.45) is 9.50. The summed E-state index contributed by atoms with van der Waals surface area (Å²) in [5.74, 6) is 2.72. The lowest BCUT2D eigenvalue weighted by Gasteiger charge is -2.30. The Bertz CT molecular complexity index is 515. The second-order valence-corrected chi connectivity index (χ2v) is 6.72. The molecule has 0 unspecified atom stereocenters. The molecule has 2 saturated carbocycles. The van der Waals surface area contributed by atoms with Gasteiger partial charge in [0.2, 0.25) is 5.91 Å². The van der Waals surface area contributed by atoms with Crippen LogP contribution in [0.4, 0.5) is 0 Å². The molecule has 21 heavy (non-hydrogen) atoms. The topological polar surface area (TPSA) is 42.4 Å². The molecule has 4 rings (SSSR count). The van der Waals surface area contributed by atoms with Crippen molar-refractivity contribution >= 4 is 5.91 Å². The normalized spacial score (nSPS) is 31.8. The van der Waals surface area contributed by atoms with E-state index in [9.17, 15) is 4.79 Å². The Hall–Kier alpha value is -1.58. The minimum absolute atomic E-state index is 0.249. The number of ether oxygens (including phenoxy) is 1. The lowest BCUT2D eigenvalue weighted by Crippen LogP contribution is -2.38. The van der Waals surface area contributed by atoms with Crippen molar-refractivity contribution < 1.29 is 9.53 Å². The highest BCUT2D eigenvalue weighted by Crippen LogP contribution is 2.41. The van der Waals surface area contributed by atoms with Crippen LogP contribution in [0.1, 0.15) is 32.1 Å². The molecule has 3 fully saturated rings. The fourth-order valence-electron chi connectivity index (χ4n) is 4.05. The van der Waals surface area contributed by atoms with Gasteiger partial charge in [-0.25, -0.2) is 0 Å². The first-order valence-electron chi connectivity index (χ1n) is 8.17. The molecule has 4 nitrogen and oxygen atoms in total. The minimum atomic E-state index is 0.249. The molecule has 0 radical (unpaired) electrons. The molecule has 112 valence electrons. The van der Waals surface area contributed by atoms with Crippen molar-refractivity contribution in [2.45, 2.75) is 38.2 Å². The van der Waals surface area contributed by atoms with Gasteiger partial charge in [-0.3, -0.25) is 9.78 Å². The van der Waals surface area contributed by atoms with Crippen molar-refractivity contribution in [2.24, 2.45) is 17.8 Å². The maximum Gasteiger partial charge on any atom is 0.225 e. The van der Waals surface area contributed by atoms with E-state index >= 15 is 0 Å². The van der Waals surface area contributed by atoms with Gasteiger partial charge in [-0.05, 0) is 43.7 Å². The molecule has 1 saturated heterocycles. The number of hydrogen-bond donors (Lipinski definition) is 0. The van der Waals surface area contributed by atoms with Gasteiger partial charge in [0.15, 0.2) is 0 Å². The van der Waals surface area contributed by atoms with Crippen LogP contribution in [0.3, 0.4) is 0 Å². The highest BCUT2D eigenvalue weighted by atomic mass is 16.5. The summed E-state index contributed by atoms with van der Waals surface area (Å²) in [7, 11) is 0. The summed E-state index contributed by atoms with van der Waals surface area (Å²) in [6.45, 7) is 1.85. The third-order valence-corrected chi connectivity index (χ3v) is 5.48. The molecule has 1 amide bonds. The van der Waals surface area contributed by atoms with E-state index < -0.39 is 0 Å². The van der Waals surface area contributed by atoms with Crippen molar-refractivity contribution in [3.63, 3.8) is 0 Å². The molecule has 4 heteroatoms. The van der Waals surface area contributed by atoms with E-state index in [0.29, 0.717) is 23.7 Å². The van der Waals surface area contributed by atoms with Gasteiger partial charge in [-0.15, -0.1) is 0 Å². The van der Waals surface area contributed by atoms with Gasteiger partial charge in [-0.1, -0.05) is 6.42 Å². The Morgan fingerprint density at radius 2 is 2.14 bits per heavy atom. The number of pyridine rings is 1. The molecule has 0 N–H and O–H groups in total. The molecular formula is C17H22N2O2. The van der Waals surface area contributed by atoms with Crippen LogP contribution in [0.25, 0.3) is 0 Å². The Kier molecular flexibility index (Phi) is 3.32. The molecule has 2 aliphatic carbocycles. The summed E-state index contributed by atoms with van der Waals surface area (Å²) >= 11 is 0. The number of fused-ring (bicyclic) bond motifs is 1. The summed E-state index contributed by atoms with van der Waals surface area (Å²) in [5.41, 5.74) is 0. The van der Waals surface area contributed by atoms with E-state index in [0.717, 1.165) is 38.1 Å². The summed E-state index contributed by atoms with van der Waals surface area (Å²) < 4.78 is 6.12. The number of rotatable bonds is 3. The van der Waals surface area contributed by atoms with Gasteiger partial charge >= 0.3 is 0 Å². The van der Waals surface area contributed by atoms with Crippen molar-refractivity contribution in [1.82, 2.24) is 9.88 Å². The van der Waals surface area contributed by atoms with E-state index in [1.165, 1.54) is 12.8 Å². The fourth-order valence-corrected chi connectivity index (χ4v) is 4.05. The Morgan fingerprint density at radius 3 is 2.86 bits per heavy atom. The average molecular weight is 286 g/mol. The first-order valence-corrected chi connectivity index (χ1v) is 8.17. The summed E-state index contributed by atoms with van der Waals surface area (Å²) in [6, 6.07) is 3.87. The standard InChI is InChI=1S/C17H22N2O2/c20-17(12-3-1-4-12)19-10-13-6-7-16(15(13)11-19)21-14-5-2-8-18-9-14/h2,5,8-9,12-13,15-16H,1,3-4,6-7,10-11H2/t13-,15+,16-/m1/s1. The zero-order valence-corrected chi connectivity index (χ0v) is 12.3. The summed E-state index contributed by atoms with van der Waals surface area (Å²) in [5, 5.41) is 0. The molecular weight excluding hydrogens is 264 g/mol.